The number of hydrogen-bond donors (Lipinski definition) is 3. The lowest BCUT2D eigenvalue weighted by Gasteiger charge is -2.34. The van der Waals surface area contributed by atoms with Gasteiger partial charge >= 0.3 is 6.03 Å². The molecule has 266 valence electrons. The van der Waals surface area contributed by atoms with Crippen molar-refractivity contribution in [3.05, 3.63) is 155 Å². The molecule has 3 amide bonds. The molecule has 8 nitrogen and oxygen atoms in total. The number of carbonyl (C=O) groups excluding carboxylic acids is 2. The number of anilines is 1. The number of urea groups is 1. The predicted molar refractivity (Wildman–Crippen MR) is 203 cm³/mol. The summed E-state index contributed by atoms with van der Waals surface area (Å²) < 4.78 is 12.1. The molecule has 5 aromatic carbocycles. The summed E-state index contributed by atoms with van der Waals surface area (Å²) in [6.45, 7) is 3.14. The van der Waals surface area contributed by atoms with Crippen LogP contribution in [-0.4, -0.2) is 36.7 Å². The van der Waals surface area contributed by atoms with E-state index in [-0.39, 0.29) is 18.2 Å². The third-order valence-electron chi connectivity index (χ3n) is 10.0. The van der Waals surface area contributed by atoms with Crippen molar-refractivity contribution in [3.63, 3.8) is 0 Å². The lowest BCUT2D eigenvalue weighted by Crippen LogP contribution is -2.49. The maximum absolute atomic E-state index is 12.2. The third kappa shape index (κ3) is 8.64. The van der Waals surface area contributed by atoms with Gasteiger partial charge in [0.05, 0.1) is 6.61 Å². The maximum Gasteiger partial charge on any atom is 0.328 e. The second-order valence-corrected chi connectivity index (χ2v) is 13.6. The van der Waals surface area contributed by atoms with Crippen molar-refractivity contribution >= 4 is 17.6 Å². The Morgan fingerprint density at radius 2 is 1.56 bits per heavy atom. The summed E-state index contributed by atoms with van der Waals surface area (Å²) >= 11 is 0. The molecule has 1 saturated heterocycles. The molecule has 2 aliphatic rings. The summed E-state index contributed by atoms with van der Waals surface area (Å²) in [5.41, 5.74) is 8.13. The molecule has 1 aliphatic heterocycles. The number of rotatable bonds is 14. The summed E-state index contributed by atoms with van der Waals surface area (Å²) in [6, 6.07) is 40.6. The van der Waals surface area contributed by atoms with Gasteiger partial charge in [0.25, 0.3) is 0 Å². The Labute approximate surface area is 305 Å². The molecule has 0 saturated carbocycles. The summed E-state index contributed by atoms with van der Waals surface area (Å²) in [7, 11) is 0. The highest BCUT2D eigenvalue weighted by atomic mass is 16.5. The van der Waals surface area contributed by atoms with Gasteiger partial charge in [0, 0.05) is 37.2 Å². The average Bonchev–Trinajstić information content (AvgIpc) is 3.17. The standard InChI is InChI=1S/C44H45N3O5/c48-37-18-22-41-35(27-37)17-21-40(33-7-2-1-3-8-33)43(41)34-15-19-38(20-16-34)51-26-5-4-24-45-29-31-11-13-32(14-12-31)30-52-39-10-6-9-36(28-39)47-25-23-42(49)46-44(47)50/h1-3,6-16,18-20,22,27-28,40,43,45,48H,4-5,17,21,23-26,29-30H2,(H,46,49,50)/t40-,43+/m0/s1. The quantitative estimate of drug-likeness (QED) is 0.101. The van der Waals surface area contributed by atoms with Gasteiger partial charge in [-0.2, -0.15) is 0 Å². The summed E-state index contributed by atoms with van der Waals surface area (Å²) in [4.78, 5) is 25.2. The summed E-state index contributed by atoms with van der Waals surface area (Å²) in [5.74, 6) is 2.24. The Morgan fingerprint density at radius 3 is 2.37 bits per heavy atom. The largest absolute Gasteiger partial charge is 0.508 e. The van der Waals surface area contributed by atoms with E-state index in [4.69, 9.17) is 9.47 Å². The molecule has 0 aromatic heterocycles. The van der Waals surface area contributed by atoms with Crippen LogP contribution in [0.4, 0.5) is 10.5 Å². The van der Waals surface area contributed by atoms with Gasteiger partial charge in [0.2, 0.25) is 5.91 Å². The second kappa shape index (κ2) is 16.6. The molecular formula is C44H45N3O5. The van der Waals surface area contributed by atoms with Crippen molar-refractivity contribution < 1.29 is 24.2 Å². The minimum Gasteiger partial charge on any atom is -0.508 e. The van der Waals surface area contributed by atoms with Crippen LogP contribution in [0.3, 0.4) is 0 Å². The third-order valence-corrected chi connectivity index (χ3v) is 10.0. The number of phenolic OH excluding ortho intramolecular Hbond substituents is 1. The van der Waals surface area contributed by atoms with Crippen molar-refractivity contribution in [2.75, 3.05) is 24.6 Å². The van der Waals surface area contributed by atoms with Gasteiger partial charge in [-0.3, -0.25) is 15.0 Å². The van der Waals surface area contributed by atoms with E-state index in [2.05, 4.69) is 95.6 Å². The Bertz CT molecular complexity index is 1960. The van der Waals surface area contributed by atoms with Crippen LogP contribution in [0.25, 0.3) is 0 Å². The van der Waals surface area contributed by atoms with E-state index >= 15 is 0 Å². The summed E-state index contributed by atoms with van der Waals surface area (Å²) in [6.07, 6.45) is 4.27. The lowest BCUT2D eigenvalue weighted by atomic mass is 9.69. The summed E-state index contributed by atoms with van der Waals surface area (Å²) in [5, 5.41) is 16.0. The zero-order valence-corrected chi connectivity index (χ0v) is 29.3. The molecule has 1 fully saturated rings. The van der Waals surface area contributed by atoms with Crippen LogP contribution >= 0.6 is 0 Å². The van der Waals surface area contributed by atoms with Gasteiger partial charge in [-0.15, -0.1) is 0 Å². The molecule has 0 radical (unpaired) electrons. The molecule has 2 atom stereocenters. The zero-order valence-electron chi connectivity index (χ0n) is 29.3. The monoisotopic (exact) mass is 695 g/mol. The SMILES string of the molecule is O=C1CCN(c2cccc(OCc3ccc(CNCCCCOc4ccc([C@H]5c6ccc(O)cc6CC[C@H]5c5ccccc5)cc4)cc3)c2)C(=O)N1. The van der Waals surface area contributed by atoms with Crippen LogP contribution in [-0.2, 0) is 24.4 Å². The van der Waals surface area contributed by atoms with Crippen molar-refractivity contribution in [1.29, 1.82) is 0 Å². The number of nitrogens with one attached hydrogen (secondary N) is 2. The van der Waals surface area contributed by atoms with E-state index in [9.17, 15) is 14.7 Å². The molecule has 7 rings (SSSR count). The van der Waals surface area contributed by atoms with E-state index in [0.717, 1.165) is 50.1 Å². The number of imide groups is 1. The van der Waals surface area contributed by atoms with Crippen LogP contribution in [0, 0.1) is 0 Å². The molecule has 0 bridgehead atoms. The number of ether oxygens (including phenoxy) is 2. The molecule has 1 heterocycles. The molecule has 8 heteroatoms. The van der Waals surface area contributed by atoms with Crippen LogP contribution in [0.15, 0.2) is 121 Å². The smallest absolute Gasteiger partial charge is 0.328 e. The van der Waals surface area contributed by atoms with Crippen LogP contribution in [0.1, 0.15) is 70.9 Å². The van der Waals surface area contributed by atoms with Gasteiger partial charge < -0.3 is 19.9 Å². The number of benzene rings is 5. The number of nitrogens with zero attached hydrogens (tertiary/aromatic N) is 1. The Hall–Kier alpha value is -5.60. The Balaban J connectivity index is 0.826. The second-order valence-electron chi connectivity index (χ2n) is 13.6. The first kappa shape index (κ1) is 34.8. The fourth-order valence-electron chi connectivity index (χ4n) is 7.30. The van der Waals surface area contributed by atoms with Crippen LogP contribution in [0.5, 0.6) is 17.2 Å². The van der Waals surface area contributed by atoms with E-state index in [1.807, 2.05) is 36.4 Å². The minimum absolute atomic E-state index is 0.228. The number of aryl methyl sites for hydroxylation is 1. The minimum atomic E-state index is -0.407. The zero-order chi connectivity index (χ0) is 35.7. The van der Waals surface area contributed by atoms with E-state index in [1.165, 1.54) is 27.8 Å². The first-order chi connectivity index (χ1) is 25.5. The number of hydrogen-bond acceptors (Lipinski definition) is 6. The van der Waals surface area contributed by atoms with Gasteiger partial charge in [0.1, 0.15) is 23.9 Å². The van der Waals surface area contributed by atoms with Gasteiger partial charge in [0.15, 0.2) is 0 Å². The highest BCUT2D eigenvalue weighted by molar-refractivity contribution is 6.05. The topological polar surface area (TPSA) is 100 Å². The molecule has 1 aliphatic carbocycles. The Morgan fingerprint density at radius 1 is 0.750 bits per heavy atom. The number of carbonyl (C=O) groups is 2. The van der Waals surface area contributed by atoms with Gasteiger partial charge in [-0.05, 0) is 108 Å². The first-order valence-corrected chi connectivity index (χ1v) is 18.2. The van der Waals surface area contributed by atoms with Gasteiger partial charge in [-0.1, -0.05) is 78.9 Å². The molecule has 52 heavy (non-hydrogen) atoms. The first-order valence-electron chi connectivity index (χ1n) is 18.2. The number of unbranched alkanes of at least 4 members (excludes halogenated alkanes) is 1. The fourth-order valence-corrected chi connectivity index (χ4v) is 7.30. The fraction of sp³-hybridized carbons (Fsp3) is 0.273. The van der Waals surface area contributed by atoms with Crippen molar-refractivity contribution in [2.24, 2.45) is 0 Å². The van der Waals surface area contributed by atoms with Crippen molar-refractivity contribution in [2.45, 2.75) is 57.1 Å². The maximum atomic E-state index is 12.2. The number of phenols is 1. The molecule has 0 unspecified atom stereocenters. The van der Waals surface area contributed by atoms with E-state index < -0.39 is 6.03 Å². The number of fused-ring (bicyclic) bond motifs is 1. The molecule has 0 spiro atoms. The van der Waals surface area contributed by atoms with Crippen LogP contribution < -0.4 is 25.0 Å². The predicted octanol–water partition coefficient (Wildman–Crippen LogP) is 8.23. The number of amides is 3. The Kier molecular flexibility index (Phi) is 11.1. The number of aromatic hydroxyl groups is 1. The molecule has 5 aromatic rings. The van der Waals surface area contributed by atoms with Crippen molar-refractivity contribution in [3.8, 4) is 17.2 Å². The van der Waals surface area contributed by atoms with Crippen LogP contribution in [0.2, 0.25) is 0 Å². The normalized spacial score (nSPS) is 17.0. The average molecular weight is 696 g/mol. The van der Waals surface area contributed by atoms with Crippen molar-refractivity contribution in [1.82, 2.24) is 10.6 Å². The van der Waals surface area contributed by atoms with E-state index in [0.29, 0.717) is 42.9 Å². The van der Waals surface area contributed by atoms with E-state index in [1.54, 1.807) is 4.90 Å². The molecular weight excluding hydrogens is 651 g/mol. The molecule has 3 N–H and O–H groups in total. The lowest BCUT2D eigenvalue weighted by molar-refractivity contribution is -0.120. The highest BCUT2D eigenvalue weighted by Gasteiger charge is 2.32. The van der Waals surface area contributed by atoms with Gasteiger partial charge in [-0.25, -0.2) is 4.79 Å². The highest BCUT2D eigenvalue weighted by Crippen LogP contribution is 2.47.